The minimum absolute atomic E-state index is 0.0738. The number of hydrogen-bond donors (Lipinski definition) is 1. The predicted molar refractivity (Wildman–Crippen MR) is 87.9 cm³/mol. The van der Waals surface area contributed by atoms with Gasteiger partial charge in [0.15, 0.2) is 11.6 Å². The number of anilines is 1. The Balaban J connectivity index is 1.64. The van der Waals surface area contributed by atoms with Crippen LogP contribution in [0, 0.1) is 17.6 Å². The SMILES string of the molecule is O=C(Nc1ccc(F)c(F)c1)C1CCCN(C(=O)c2cccs2)C1. The van der Waals surface area contributed by atoms with Crippen LogP contribution in [0.4, 0.5) is 14.5 Å². The molecule has 1 aliphatic rings. The number of carbonyl (C=O) groups is 2. The average Bonchev–Trinajstić information content (AvgIpc) is 3.12. The Morgan fingerprint density at radius 2 is 2.04 bits per heavy atom. The van der Waals surface area contributed by atoms with E-state index in [2.05, 4.69) is 5.32 Å². The molecule has 0 aliphatic carbocycles. The number of nitrogens with one attached hydrogen (secondary N) is 1. The average molecular weight is 350 g/mol. The summed E-state index contributed by atoms with van der Waals surface area (Å²) in [6.45, 7) is 0.942. The minimum Gasteiger partial charge on any atom is -0.337 e. The van der Waals surface area contributed by atoms with Crippen LogP contribution in [0.25, 0.3) is 0 Å². The lowest BCUT2D eigenvalue weighted by Crippen LogP contribution is -2.43. The van der Waals surface area contributed by atoms with E-state index in [1.807, 2.05) is 11.4 Å². The van der Waals surface area contributed by atoms with Crippen LogP contribution in [0.15, 0.2) is 35.7 Å². The Labute approximate surface area is 142 Å². The molecule has 4 nitrogen and oxygen atoms in total. The first-order chi connectivity index (χ1) is 11.5. The van der Waals surface area contributed by atoms with E-state index >= 15 is 0 Å². The number of halogens is 2. The summed E-state index contributed by atoms with van der Waals surface area (Å²) >= 11 is 1.37. The topological polar surface area (TPSA) is 49.4 Å². The first-order valence-corrected chi connectivity index (χ1v) is 8.51. The molecule has 1 aliphatic heterocycles. The Bertz CT molecular complexity index is 749. The molecule has 126 valence electrons. The van der Waals surface area contributed by atoms with Gasteiger partial charge in [-0.2, -0.15) is 0 Å². The van der Waals surface area contributed by atoms with Crippen LogP contribution < -0.4 is 5.32 Å². The minimum atomic E-state index is -1.01. The van der Waals surface area contributed by atoms with Gasteiger partial charge in [-0.05, 0) is 36.4 Å². The van der Waals surface area contributed by atoms with Gasteiger partial charge in [-0.1, -0.05) is 6.07 Å². The van der Waals surface area contributed by atoms with Crippen molar-refractivity contribution in [3.05, 3.63) is 52.2 Å². The lowest BCUT2D eigenvalue weighted by molar-refractivity contribution is -0.121. The van der Waals surface area contributed by atoms with Crippen molar-refractivity contribution in [3.8, 4) is 0 Å². The Hall–Kier alpha value is -2.28. The molecule has 0 radical (unpaired) electrons. The van der Waals surface area contributed by atoms with E-state index in [9.17, 15) is 18.4 Å². The molecule has 3 rings (SSSR count). The third-order valence-electron chi connectivity index (χ3n) is 4.00. The normalized spacial score (nSPS) is 17.6. The van der Waals surface area contributed by atoms with Crippen LogP contribution in [-0.4, -0.2) is 29.8 Å². The number of benzene rings is 1. The molecule has 2 aromatic rings. The number of rotatable bonds is 3. The third kappa shape index (κ3) is 3.62. The predicted octanol–water partition coefficient (Wildman–Crippen LogP) is 3.52. The number of amides is 2. The fourth-order valence-corrected chi connectivity index (χ4v) is 3.44. The molecule has 0 bridgehead atoms. The molecular formula is C17H16F2N2O2S. The number of carbonyl (C=O) groups excluding carboxylic acids is 2. The van der Waals surface area contributed by atoms with E-state index in [0.29, 0.717) is 24.4 Å². The van der Waals surface area contributed by atoms with Crippen LogP contribution in [0.2, 0.25) is 0 Å². The van der Waals surface area contributed by atoms with E-state index in [4.69, 9.17) is 0 Å². The van der Waals surface area contributed by atoms with E-state index in [0.717, 1.165) is 18.6 Å². The largest absolute Gasteiger partial charge is 0.337 e. The van der Waals surface area contributed by atoms with E-state index in [1.165, 1.54) is 17.4 Å². The highest BCUT2D eigenvalue weighted by Gasteiger charge is 2.29. The van der Waals surface area contributed by atoms with Crippen molar-refractivity contribution in [3.63, 3.8) is 0 Å². The highest BCUT2D eigenvalue weighted by molar-refractivity contribution is 7.12. The summed E-state index contributed by atoms with van der Waals surface area (Å²) in [4.78, 5) is 27.1. The molecule has 1 atom stereocenters. The summed E-state index contributed by atoms with van der Waals surface area (Å²) in [5.74, 6) is -2.69. The maximum Gasteiger partial charge on any atom is 0.263 e. The quantitative estimate of drug-likeness (QED) is 0.921. The molecule has 2 amide bonds. The van der Waals surface area contributed by atoms with E-state index < -0.39 is 11.6 Å². The fraction of sp³-hybridized carbons (Fsp3) is 0.294. The first-order valence-electron chi connectivity index (χ1n) is 7.63. The van der Waals surface area contributed by atoms with Crippen molar-refractivity contribution in [2.75, 3.05) is 18.4 Å². The summed E-state index contributed by atoms with van der Waals surface area (Å²) in [7, 11) is 0. The van der Waals surface area contributed by atoms with Crippen molar-refractivity contribution in [1.29, 1.82) is 0 Å². The van der Waals surface area contributed by atoms with Crippen LogP contribution in [0.3, 0.4) is 0 Å². The van der Waals surface area contributed by atoms with Crippen molar-refractivity contribution >= 4 is 28.8 Å². The lowest BCUT2D eigenvalue weighted by Gasteiger charge is -2.31. The summed E-state index contributed by atoms with van der Waals surface area (Å²) < 4.78 is 26.2. The summed E-state index contributed by atoms with van der Waals surface area (Å²) in [6, 6.07) is 6.81. The molecule has 1 N–H and O–H groups in total. The number of thiophene rings is 1. The Kier molecular flexibility index (Phi) is 4.89. The molecular weight excluding hydrogens is 334 g/mol. The molecule has 1 aromatic heterocycles. The van der Waals surface area contributed by atoms with Gasteiger partial charge in [-0.3, -0.25) is 9.59 Å². The molecule has 1 aromatic carbocycles. The maximum absolute atomic E-state index is 13.2. The van der Waals surface area contributed by atoms with Gasteiger partial charge in [0.1, 0.15) is 0 Å². The van der Waals surface area contributed by atoms with Gasteiger partial charge in [0.25, 0.3) is 5.91 Å². The smallest absolute Gasteiger partial charge is 0.263 e. The van der Waals surface area contributed by atoms with Crippen molar-refractivity contribution in [2.24, 2.45) is 5.92 Å². The maximum atomic E-state index is 13.2. The zero-order valence-corrected chi connectivity index (χ0v) is 13.6. The molecule has 0 spiro atoms. The standard InChI is InChI=1S/C17H16F2N2O2S/c18-13-6-5-12(9-14(13)19)20-16(22)11-3-1-7-21(10-11)17(23)15-4-2-8-24-15/h2,4-6,8-9,11H,1,3,7,10H2,(H,20,22). The molecule has 24 heavy (non-hydrogen) atoms. The third-order valence-corrected chi connectivity index (χ3v) is 4.86. The van der Waals surface area contributed by atoms with Crippen molar-refractivity contribution in [2.45, 2.75) is 12.8 Å². The highest BCUT2D eigenvalue weighted by atomic mass is 32.1. The second-order valence-corrected chi connectivity index (χ2v) is 6.63. The second-order valence-electron chi connectivity index (χ2n) is 5.69. The molecule has 2 heterocycles. The highest BCUT2D eigenvalue weighted by Crippen LogP contribution is 2.22. The number of likely N-dealkylation sites (tertiary alicyclic amines) is 1. The zero-order chi connectivity index (χ0) is 17.1. The van der Waals surface area contributed by atoms with Crippen LogP contribution in [-0.2, 0) is 4.79 Å². The number of piperidine rings is 1. The molecule has 0 saturated carbocycles. The molecule has 7 heteroatoms. The van der Waals surface area contributed by atoms with Crippen LogP contribution in [0.1, 0.15) is 22.5 Å². The van der Waals surface area contributed by atoms with Gasteiger partial charge in [-0.15, -0.1) is 11.3 Å². The number of hydrogen-bond acceptors (Lipinski definition) is 3. The Morgan fingerprint density at radius 1 is 1.21 bits per heavy atom. The van der Waals surface area contributed by atoms with Crippen LogP contribution >= 0.6 is 11.3 Å². The Morgan fingerprint density at radius 3 is 2.75 bits per heavy atom. The van der Waals surface area contributed by atoms with Crippen molar-refractivity contribution < 1.29 is 18.4 Å². The van der Waals surface area contributed by atoms with Crippen LogP contribution in [0.5, 0.6) is 0 Å². The van der Waals surface area contributed by atoms with E-state index in [-0.39, 0.29) is 23.4 Å². The molecule has 1 unspecified atom stereocenters. The van der Waals surface area contributed by atoms with Gasteiger partial charge in [-0.25, -0.2) is 8.78 Å². The van der Waals surface area contributed by atoms with Gasteiger partial charge >= 0.3 is 0 Å². The van der Waals surface area contributed by atoms with Crippen molar-refractivity contribution in [1.82, 2.24) is 4.90 Å². The number of nitrogens with zero attached hydrogens (tertiary/aromatic N) is 1. The van der Waals surface area contributed by atoms with E-state index in [1.54, 1.807) is 11.0 Å². The lowest BCUT2D eigenvalue weighted by atomic mass is 9.97. The summed E-state index contributed by atoms with van der Waals surface area (Å²) in [6.07, 6.45) is 1.39. The molecule has 1 fully saturated rings. The fourth-order valence-electron chi connectivity index (χ4n) is 2.75. The monoisotopic (exact) mass is 350 g/mol. The first kappa shape index (κ1) is 16.6. The molecule has 1 saturated heterocycles. The second kappa shape index (κ2) is 7.09. The zero-order valence-electron chi connectivity index (χ0n) is 12.8. The summed E-state index contributed by atoms with van der Waals surface area (Å²) in [5, 5.41) is 4.43. The van der Waals surface area contributed by atoms with Gasteiger partial charge in [0.05, 0.1) is 10.8 Å². The van der Waals surface area contributed by atoms with Gasteiger partial charge < -0.3 is 10.2 Å². The van der Waals surface area contributed by atoms with Gasteiger partial charge in [0, 0.05) is 24.8 Å². The van der Waals surface area contributed by atoms with Gasteiger partial charge in [0.2, 0.25) is 5.91 Å². The summed E-state index contributed by atoms with van der Waals surface area (Å²) in [5.41, 5.74) is 0.209.